The molecule has 0 spiro atoms. The monoisotopic (exact) mass is 426 g/mol. The Bertz CT molecular complexity index is 988. The second-order valence-electron chi connectivity index (χ2n) is 5.33. The Morgan fingerprint density at radius 2 is 2.00 bits per heavy atom. The normalized spacial score (nSPS) is 11.0. The van der Waals surface area contributed by atoms with Crippen molar-refractivity contribution in [3.8, 4) is 11.3 Å². The lowest BCUT2D eigenvalue weighted by Crippen LogP contribution is -2.18. The highest BCUT2D eigenvalue weighted by molar-refractivity contribution is 9.10. The number of carbonyl (C=O) groups excluding carboxylic acids is 1. The number of hydrogen-bond donors (Lipinski definition) is 2. The maximum atomic E-state index is 14.2. The van der Waals surface area contributed by atoms with Crippen LogP contribution in [0.5, 0.6) is 0 Å². The molecule has 0 saturated carbocycles. The summed E-state index contributed by atoms with van der Waals surface area (Å²) in [5, 5.41) is 3.02. The molecule has 3 rings (SSSR count). The molecule has 3 aromatic rings. The Hall–Kier alpha value is -2.06. The molecule has 0 unspecified atom stereocenters. The molecular formula is C17H13BrF2N2O2S. The van der Waals surface area contributed by atoms with Gasteiger partial charge in [-0.3, -0.25) is 4.79 Å². The summed E-state index contributed by atoms with van der Waals surface area (Å²) in [6.07, 6.45) is 0. The molecule has 1 aromatic heterocycles. The molecule has 0 aliphatic rings. The first-order valence-electron chi connectivity index (χ1n) is 7.19. The molecule has 2 aromatic carbocycles. The van der Waals surface area contributed by atoms with Crippen LogP contribution < -0.4 is 9.62 Å². The number of amides is 1. The van der Waals surface area contributed by atoms with Crippen LogP contribution in [-0.4, -0.2) is 20.0 Å². The van der Waals surface area contributed by atoms with Crippen LogP contribution in [0.3, 0.4) is 0 Å². The van der Waals surface area contributed by atoms with E-state index in [2.05, 4.69) is 34.1 Å². The van der Waals surface area contributed by atoms with E-state index in [1.54, 1.807) is 23.5 Å². The number of anilines is 1. The Kier molecular flexibility index (Phi) is 4.75. The molecule has 0 atom stereocenters. The molecule has 1 heterocycles. The van der Waals surface area contributed by atoms with E-state index >= 15 is 0 Å². The number of hydrogen-bond acceptors (Lipinski definition) is 4. The third-order valence-corrected chi connectivity index (χ3v) is 4.59. The fraction of sp³-hybridized carbons (Fsp3) is 0.118. The van der Waals surface area contributed by atoms with Crippen LogP contribution in [0.4, 0.5) is 14.5 Å². The van der Waals surface area contributed by atoms with Crippen LogP contribution >= 0.6 is 28.7 Å². The van der Waals surface area contributed by atoms with Crippen LogP contribution in [0.1, 0.15) is 10.4 Å². The quantitative estimate of drug-likeness (QED) is 0.592. The van der Waals surface area contributed by atoms with Gasteiger partial charge in [-0.25, -0.2) is 8.78 Å². The maximum absolute atomic E-state index is 14.2. The molecule has 25 heavy (non-hydrogen) atoms. The van der Waals surface area contributed by atoms with E-state index in [4.69, 9.17) is 4.42 Å². The molecular weight excluding hydrogens is 414 g/mol. The SMILES string of the molecule is CNC(=O)c1c(-c2ccc(F)cc2F)oc2cc(N(C)S)c(Br)cc12. The zero-order chi connectivity index (χ0) is 18.3. The topological polar surface area (TPSA) is 45.5 Å². The summed E-state index contributed by atoms with van der Waals surface area (Å²) < 4.78 is 35.5. The second-order valence-corrected chi connectivity index (χ2v) is 6.79. The smallest absolute Gasteiger partial charge is 0.255 e. The average molecular weight is 427 g/mol. The summed E-state index contributed by atoms with van der Waals surface area (Å²) in [6, 6.07) is 6.50. The van der Waals surface area contributed by atoms with Gasteiger partial charge in [0.2, 0.25) is 0 Å². The summed E-state index contributed by atoms with van der Waals surface area (Å²) in [5.41, 5.74) is 1.28. The number of thiol groups is 1. The van der Waals surface area contributed by atoms with E-state index in [1.807, 2.05) is 0 Å². The first-order valence-corrected chi connectivity index (χ1v) is 8.39. The Labute approximate surface area is 156 Å². The van der Waals surface area contributed by atoms with E-state index in [0.717, 1.165) is 12.1 Å². The minimum Gasteiger partial charge on any atom is -0.455 e. The summed E-state index contributed by atoms with van der Waals surface area (Å²) in [5.74, 6) is -1.91. The molecule has 1 N–H and O–H groups in total. The Morgan fingerprint density at radius 1 is 1.28 bits per heavy atom. The average Bonchev–Trinajstić information content (AvgIpc) is 2.91. The van der Waals surface area contributed by atoms with Gasteiger partial charge in [0.25, 0.3) is 5.91 Å². The predicted octanol–water partition coefficient (Wildman–Crippen LogP) is 4.78. The molecule has 0 radical (unpaired) electrons. The number of nitrogens with zero attached hydrogens (tertiary/aromatic N) is 1. The Morgan fingerprint density at radius 3 is 2.60 bits per heavy atom. The molecule has 0 aliphatic carbocycles. The Balaban J connectivity index is 2.36. The molecule has 1 amide bonds. The van der Waals surface area contributed by atoms with Crippen molar-refractivity contribution in [2.75, 3.05) is 18.4 Å². The number of halogens is 3. The number of nitrogens with one attached hydrogen (secondary N) is 1. The second kappa shape index (κ2) is 6.68. The van der Waals surface area contributed by atoms with E-state index in [9.17, 15) is 13.6 Å². The van der Waals surface area contributed by atoms with Crippen LogP contribution in [0.2, 0.25) is 0 Å². The van der Waals surface area contributed by atoms with Gasteiger partial charge in [-0.05, 0) is 34.1 Å². The van der Waals surface area contributed by atoms with E-state index < -0.39 is 17.5 Å². The zero-order valence-corrected chi connectivity index (χ0v) is 15.7. The minimum atomic E-state index is -0.810. The minimum absolute atomic E-state index is 0.00750. The van der Waals surface area contributed by atoms with Crippen LogP contribution in [0, 0.1) is 11.6 Å². The van der Waals surface area contributed by atoms with Gasteiger partial charge in [-0.15, -0.1) is 0 Å². The number of furan rings is 1. The van der Waals surface area contributed by atoms with Crippen LogP contribution in [0.15, 0.2) is 39.2 Å². The van der Waals surface area contributed by atoms with Gasteiger partial charge in [-0.2, -0.15) is 0 Å². The molecule has 0 bridgehead atoms. The third-order valence-electron chi connectivity index (χ3n) is 3.74. The van der Waals surface area contributed by atoms with Crippen molar-refractivity contribution >= 4 is 51.3 Å². The molecule has 0 aliphatic heterocycles. The molecule has 4 nitrogen and oxygen atoms in total. The lowest BCUT2D eigenvalue weighted by Gasteiger charge is -2.12. The summed E-state index contributed by atoms with van der Waals surface area (Å²) >= 11 is 7.68. The van der Waals surface area contributed by atoms with Crippen molar-refractivity contribution in [2.24, 2.45) is 0 Å². The fourth-order valence-electron chi connectivity index (χ4n) is 2.57. The maximum Gasteiger partial charge on any atom is 0.255 e. The number of rotatable bonds is 3. The van der Waals surface area contributed by atoms with Gasteiger partial charge in [0.1, 0.15) is 17.2 Å². The van der Waals surface area contributed by atoms with Crippen molar-refractivity contribution in [3.63, 3.8) is 0 Å². The first-order chi connectivity index (χ1) is 11.8. The summed E-state index contributed by atoms with van der Waals surface area (Å²) in [7, 11) is 3.20. The largest absolute Gasteiger partial charge is 0.455 e. The summed E-state index contributed by atoms with van der Waals surface area (Å²) in [4.78, 5) is 12.4. The van der Waals surface area contributed by atoms with Crippen molar-refractivity contribution < 1.29 is 18.0 Å². The highest BCUT2D eigenvalue weighted by Gasteiger charge is 2.25. The van der Waals surface area contributed by atoms with Crippen LogP contribution in [0.25, 0.3) is 22.3 Å². The predicted molar refractivity (Wildman–Crippen MR) is 100 cm³/mol. The number of benzene rings is 2. The van der Waals surface area contributed by atoms with Crippen molar-refractivity contribution in [1.29, 1.82) is 0 Å². The molecule has 130 valence electrons. The van der Waals surface area contributed by atoms with Crippen molar-refractivity contribution in [2.45, 2.75) is 0 Å². The highest BCUT2D eigenvalue weighted by Crippen LogP contribution is 2.39. The van der Waals surface area contributed by atoms with E-state index in [0.29, 0.717) is 21.1 Å². The van der Waals surface area contributed by atoms with Gasteiger partial charge in [0, 0.05) is 36.1 Å². The fourth-order valence-corrected chi connectivity index (χ4v) is 3.48. The lowest BCUT2D eigenvalue weighted by molar-refractivity contribution is 0.0964. The van der Waals surface area contributed by atoms with E-state index in [1.165, 1.54) is 13.1 Å². The van der Waals surface area contributed by atoms with Gasteiger partial charge in [0.15, 0.2) is 5.76 Å². The van der Waals surface area contributed by atoms with Crippen molar-refractivity contribution in [3.05, 3.63) is 52.0 Å². The number of fused-ring (bicyclic) bond motifs is 1. The number of carbonyl (C=O) groups is 1. The molecule has 0 fully saturated rings. The molecule has 0 saturated heterocycles. The zero-order valence-electron chi connectivity index (χ0n) is 13.2. The lowest BCUT2D eigenvalue weighted by atomic mass is 10.0. The van der Waals surface area contributed by atoms with E-state index in [-0.39, 0.29) is 16.9 Å². The van der Waals surface area contributed by atoms with Gasteiger partial charge < -0.3 is 14.0 Å². The standard InChI is InChI=1S/C17H13BrF2N2O2S/c1-21-17(23)15-10-6-11(18)13(22(2)25)7-14(10)24-16(15)9-4-3-8(19)5-12(9)20/h3-7,25H,1-2H3,(H,21,23). The van der Waals surface area contributed by atoms with Gasteiger partial charge in [0.05, 0.1) is 16.8 Å². The molecule has 8 heteroatoms. The van der Waals surface area contributed by atoms with Crippen molar-refractivity contribution in [1.82, 2.24) is 5.32 Å². The first kappa shape index (κ1) is 17.8. The van der Waals surface area contributed by atoms with Crippen LogP contribution in [-0.2, 0) is 0 Å². The third kappa shape index (κ3) is 3.11. The summed E-state index contributed by atoms with van der Waals surface area (Å²) in [6.45, 7) is 0. The van der Waals surface area contributed by atoms with Gasteiger partial charge >= 0.3 is 0 Å². The van der Waals surface area contributed by atoms with Gasteiger partial charge in [-0.1, -0.05) is 12.8 Å². The highest BCUT2D eigenvalue weighted by atomic mass is 79.9.